The predicted octanol–water partition coefficient (Wildman–Crippen LogP) is 2.00. The minimum Gasteiger partial charge on any atom is -0.486 e. The number of nitrogens with zero attached hydrogens (tertiary/aromatic N) is 1. The third-order valence-corrected chi connectivity index (χ3v) is 4.95. The molecule has 0 aliphatic carbocycles. The van der Waals surface area contributed by atoms with Gasteiger partial charge in [0.15, 0.2) is 11.5 Å². The van der Waals surface area contributed by atoms with Crippen LogP contribution in [0.1, 0.15) is 39.5 Å². The van der Waals surface area contributed by atoms with E-state index in [0.29, 0.717) is 56.1 Å². The summed E-state index contributed by atoms with van der Waals surface area (Å²) in [5.41, 5.74) is -0.571. The van der Waals surface area contributed by atoms with Crippen LogP contribution in [0.5, 0.6) is 11.5 Å². The zero-order chi connectivity index (χ0) is 21.7. The largest absolute Gasteiger partial charge is 0.486 e. The van der Waals surface area contributed by atoms with Gasteiger partial charge in [-0.15, -0.1) is 0 Å². The van der Waals surface area contributed by atoms with Crippen molar-refractivity contribution in [1.29, 1.82) is 0 Å². The van der Waals surface area contributed by atoms with E-state index in [0.717, 1.165) is 4.90 Å². The van der Waals surface area contributed by atoms with Crippen LogP contribution in [-0.2, 0) is 9.59 Å². The molecule has 3 N–H and O–H groups in total. The third kappa shape index (κ3) is 4.47. The monoisotopic (exact) mass is 418 g/mol. The van der Waals surface area contributed by atoms with E-state index in [9.17, 15) is 19.2 Å². The van der Waals surface area contributed by atoms with Crippen LogP contribution in [-0.4, -0.2) is 54.1 Å². The molecular weight excluding hydrogens is 392 g/mol. The zero-order valence-electron chi connectivity index (χ0n) is 17.1. The highest BCUT2D eigenvalue weighted by molar-refractivity contribution is 6.10. The third-order valence-electron chi connectivity index (χ3n) is 4.95. The number of ether oxygens (including phenoxy) is 2. The summed E-state index contributed by atoms with van der Waals surface area (Å²) in [5.74, 6) is -0.131. The first-order chi connectivity index (χ1) is 14.4. The summed E-state index contributed by atoms with van der Waals surface area (Å²) in [4.78, 5) is 50.3. The number of carbonyl (C=O) groups excluding carboxylic acids is 4. The summed E-state index contributed by atoms with van der Waals surface area (Å²) in [7, 11) is 0. The van der Waals surface area contributed by atoms with Gasteiger partial charge in [0.2, 0.25) is 5.91 Å². The van der Waals surface area contributed by atoms with Gasteiger partial charge in [0, 0.05) is 11.8 Å². The second kappa shape index (κ2) is 9.02. The van der Waals surface area contributed by atoms with Crippen LogP contribution in [0.2, 0.25) is 0 Å². The van der Waals surface area contributed by atoms with Gasteiger partial charge in [-0.2, -0.15) is 0 Å². The van der Waals surface area contributed by atoms with E-state index in [2.05, 4.69) is 16.0 Å². The van der Waals surface area contributed by atoms with E-state index in [4.69, 9.17) is 9.47 Å². The molecule has 0 bridgehead atoms. The summed E-state index contributed by atoms with van der Waals surface area (Å²) < 4.78 is 10.9. The van der Waals surface area contributed by atoms with Gasteiger partial charge in [0.1, 0.15) is 25.3 Å². The van der Waals surface area contributed by atoms with Crippen LogP contribution >= 0.6 is 0 Å². The molecule has 0 spiro atoms. The maximum atomic E-state index is 12.8. The van der Waals surface area contributed by atoms with Crippen molar-refractivity contribution in [3.63, 3.8) is 0 Å². The molecule has 1 aromatic carbocycles. The Hall–Kier alpha value is -3.30. The molecule has 6 amide bonds. The molecule has 162 valence electrons. The fourth-order valence-electron chi connectivity index (χ4n) is 3.73. The molecule has 2 aliphatic heterocycles. The summed E-state index contributed by atoms with van der Waals surface area (Å²) in [6.07, 6.45) is 2.41. The second-order valence-corrected chi connectivity index (χ2v) is 7.26. The Morgan fingerprint density at radius 3 is 2.43 bits per heavy atom. The van der Waals surface area contributed by atoms with Crippen LogP contribution in [0.25, 0.3) is 0 Å². The SMILES string of the molecule is CCCC1(CCC)NC(=O)N(CC(=O)NC(=O)Nc2ccc3c(c2)OCCO3)C1=O. The zero-order valence-corrected chi connectivity index (χ0v) is 17.1. The Labute approximate surface area is 174 Å². The van der Waals surface area contributed by atoms with Crippen molar-refractivity contribution >= 4 is 29.6 Å². The van der Waals surface area contributed by atoms with Gasteiger partial charge in [0.05, 0.1) is 0 Å². The average molecular weight is 418 g/mol. The van der Waals surface area contributed by atoms with Gasteiger partial charge in [-0.25, -0.2) is 9.59 Å². The summed E-state index contributed by atoms with van der Waals surface area (Å²) in [6, 6.07) is 3.44. The van der Waals surface area contributed by atoms with Crippen LogP contribution in [0.4, 0.5) is 15.3 Å². The topological polar surface area (TPSA) is 126 Å². The van der Waals surface area contributed by atoms with Crippen LogP contribution in [0.15, 0.2) is 18.2 Å². The summed E-state index contributed by atoms with van der Waals surface area (Å²) in [6.45, 7) is 4.18. The van der Waals surface area contributed by atoms with E-state index in [1.807, 2.05) is 13.8 Å². The number of urea groups is 2. The van der Waals surface area contributed by atoms with Crippen molar-refractivity contribution in [2.24, 2.45) is 0 Å². The van der Waals surface area contributed by atoms with E-state index < -0.39 is 36.0 Å². The quantitative estimate of drug-likeness (QED) is 0.582. The lowest BCUT2D eigenvalue weighted by molar-refractivity contribution is -0.135. The number of benzene rings is 1. The molecule has 2 aliphatic rings. The van der Waals surface area contributed by atoms with Crippen molar-refractivity contribution in [3.05, 3.63) is 18.2 Å². The Morgan fingerprint density at radius 1 is 1.10 bits per heavy atom. The molecule has 0 radical (unpaired) electrons. The highest BCUT2D eigenvalue weighted by Gasteiger charge is 2.50. The predicted molar refractivity (Wildman–Crippen MR) is 107 cm³/mol. The number of hydrogen-bond acceptors (Lipinski definition) is 6. The first kappa shape index (κ1) is 21.4. The molecule has 1 aromatic rings. The van der Waals surface area contributed by atoms with Gasteiger partial charge in [-0.05, 0) is 25.0 Å². The first-order valence-electron chi connectivity index (χ1n) is 10.0. The Balaban J connectivity index is 1.58. The van der Waals surface area contributed by atoms with E-state index in [1.54, 1.807) is 18.2 Å². The van der Waals surface area contributed by atoms with Crippen molar-refractivity contribution in [1.82, 2.24) is 15.5 Å². The van der Waals surface area contributed by atoms with Gasteiger partial charge in [-0.1, -0.05) is 26.7 Å². The highest BCUT2D eigenvalue weighted by atomic mass is 16.6. The standard InChI is InChI=1S/C20H26N4O6/c1-3-7-20(8-4-2)17(26)24(19(28)23-20)12-16(25)22-18(27)21-13-5-6-14-15(11-13)30-10-9-29-14/h5-6,11H,3-4,7-10,12H2,1-2H3,(H,23,28)(H2,21,22,25,27). The van der Waals surface area contributed by atoms with Crippen molar-refractivity contribution < 1.29 is 28.7 Å². The molecular formula is C20H26N4O6. The number of anilines is 1. The number of amides is 6. The van der Waals surface area contributed by atoms with E-state index in [-0.39, 0.29) is 0 Å². The lowest BCUT2D eigenvalue weighted by Crippen LogP contribution is -2.48. The van der Waals surface area contributed by atoms with Gasteiger partial charge in [-0.3, -0.25) is 19.8 Å². The molecule has 2 heterocycles. The van der Waals surface area contributed by atoms with Crippen molar-refractivity contribution in [3.8, 4) is 11.5 Å². The second-order valence-electron chi connectivity index (χ2n) is 7.26. The smallest absolute Gasteiger partial charge is 0.325 e. The molecule has 10 nitrogen and oxygen atoms in total. The minimum absolute atomic E-state index is 0.407. The van der Waals surface area contributed by atoms with Crippen LogP contribution < -0.4 is 25.4 Å². The summed E-state index contributed by atoms with van der Waals surface area (Å²) in [5, 5.41) is 7.38. The number of nitrogens with one attached hydrogen (secondary N) is 3. The number of rotatable bonds is 7. The first-order valence-corrected chi connectivity index (χ1v) is 10.0. The highest BCUT2D eigenvalue weighted by Crippen LogP contribution is 2.32. The molecule has 30 heavy (non-hydrogen) atoms. The molecule has 0 aromatic heterocycles. The number of hydrogen-bond donors (Lipinski definition) is 3. The van der Waals surface area contributed by atoms with E-state index >= 15 is 0 Å². The fourth-order valence-corrected chi connectivity index (χ4v) is 3.73. The lowest BCUT2D eigenvalue weighted by Gasteiger charge is -2.25. The number of fused-ring (bicyclic) bond motifs is 1. The molecule has 0 unspecified atom stereocenters. The van der Waals surface area contributed by atoms with Crippen LogP contribution in [0.3, 0.4) is 0 Å². The van der Waals surface area contributed by atoms with E-state index in [1.165, 1.54) is 0 Å². The number of imide groups is 2. The Bertz CT molecular complexity index is 850. The number of carbonyl (C=O) groups is 4. The minimum atomic E-state index is -0.978. The molecule has 3 rings (SSSR count). The molecule has 1 saturated heterocycles. The maximum absolute atomic E-state index is 12.8. The normalized spacial score (nSPS) is 16.8. The van der Waals surface area contributed by atoms with Gasteiger partial charge < -0.3 is 20.1 Å². The molecule has 10 heteroatoms. The van der Waals surface area contributed by atoms with Gasteiger partial charge >= 0.3 is 12.1 Å². The molecule has 1 fully saturated rings. The maximum Gasteiger partial charge on any atom is 0.325 e. The van der Waals surface area contributed by atoms with Crippen molar-refractivity contribution in [2.75, 3.05) is 25.1 Å². The Morgan fingerprint density at radius 2 is 1.77 bits per heavy atom. The molecule has 0 atom stereocenters. The van der Waals surface area contributed by atoms with Gasteiger partial charge in [0.25, 0.3) is 5.91 Å². The molecule has 0 saturated carbocycles. The van der Waals surface area contributed by atoms with Crippen molar-refractivity contribution in [2.45, 2.75) is 45.1 Å². The lowest BCUT2D eigenvalue weighted by atomic mass is 9.88. The van der Waals surface area contributed by atoms with Crippen LogP contribution in [0, 0.1) is 0 Å². The average Bonchev–Trinajstić information content (AvgIpc) is 2.92. The fraction of sp³-hybridized carbons (Fsp3) is 0.500. The Kier molecular flexibility index (Phi) is 6.43. The summed E-state index contributed by atoms with van der Waals surface area (Å²) >= 11 is 0.